The summed E-state index contributed by atoms with van der Waals surface area (Å²) in [5, 5.41) is 1.31. The Kier molecular flexibility index (Phi) is 2.66. The summed E-state index contributed by atoms with van der Waals surface area (Å²) in [6.45, 7) is 2.47. The zero-order valence-electron chi connectivity index (χ0n) is 11.0. The second-order valence-corrected chi connectivity index (χ2v) is 5.71. The maximum absolute atomic E-state index is 4.28. The van der Waals surface area contributed by atoms with E-state index in [0.717, 1.165) is 0 Å². The first-order valence-corrected chi connectivity index (χ1v) is 7.23. The van der Waals surface area contributed by atoms with Gasteiger partial charge >= 0.3 is 0 Å². The van der Waals surface area contributed by atoms with Crippen molar-refractivity contribution in [1.29, 1.82) is 0 Å². The van der Waals surface area contributed by atoms with Crippen LogP contribution in [0.25, 0.3) is 10.9 Å². The molecule has 2 aromatic heterocycles. The van der Waals surface area contributed by atoms with E-state index in [2.05, 4.69) is 39.3 Å². The molecular formula is C16H19N3. The number of aromatic nitrogens is 2. The van der Waals surface area contributed by atoms with Crippen LogP contribution in [0.2, 0.25) is 0 Å². The minimum atomic E-state index is 0.647. The first-order chi connectivity index (χ1) is 9.42. The lowest BCUT2D eigenvalue weighted by molar-refractivity contribution is 0.160. The average Bonchev–Trinajstić information content (AvgIpc) is 2.91. The average molecular weight is 253 g/mol. The number of piperidine rings is 1. The van der Waals surface area contributed by atoms with E-state index in [4.69, 9.17) is 0 Å². The van der Waals surface area contributed by atoms with Gasteiger partial charge in [-0.05, 0) is 43.4 Å². The molecule has 1 N–H and O–H groups in total. The maximum atomic E-state index is 4.28. The van der Waals surface area contributed by atoms with E-state index in [0.29, 0.717) is 12.0 Å². The predicted octanol–water partition coefficient (Wildman–Crippen LogP) is 3.07. The molecule has 3 heteroatoms. The first kappa shape index (κ1) is 11.2. The van der Waals surface area contributed by atoms with Crippen molar-refractivity contribution >= 4 is 10.9 Å². The smallest absolute Gasteiger partial charge is 0.0487 e. The van der Waals surface area contributed by atoms with Gasteiger partial charge in [0.15, 0.2) is 0 Å². The molecule has 2 unspecified atom stereocenters. The highest BCUT2D eigenvalue weighted by Gasteiger charge is 2.29. The fourth-order valence-electron chi connectivity index (χ4n) is 3.62. The molecule has 0 bridgehead atoms. The number of nitrogens with one attached hydrogen (secondary N) is 1. The third kappa shape index (κ3) is 1.89. The molecule has 0 saturated carbocycles. The second-order valence-electron chi connectivity index (χ2n) is 5.71. The highest BCUT2D eigenvalue weighted by Crippen LogP contribution is 2.36. The molecule has 1 fully saturated rings. The molecule has 2 aliphatic heterocycles. The molecule has 19 heavy (non-hydrogen) atoms. The van der Waals surface area contributed by atoms with E-state index in [1.54, 1.807) is 0 Å². The summed E-state index contributed by atoms with van der Waals surface area (Å²) < 4.78 is 0. The summed E-state index contributed by atoms with van der Waals surface area (Å²) in [5.41, 5.74) is 2.67. The van der Waals surface area contributed by atoms with Gasteiger partial charge in [0.2, 0.25) is 0 Å². The number of nitrogens with zero attached hydrogens (tertiary/aromatic N) is 2. The fourth-order valence-corrected chi connectivity index (χ4v) is 3.62. The lowest BCUT2D eigenvalue weighted by Crippen LogP contribution is -2.42. The van der Waals surface area contributed by atoms with Crippen LogP contribution in [0.1, 0.15) is 30.7 Å². The third-order valence-corrected chi connectivity index (χ3v) is 4.66. The molecule has 0 aromatic carbocycles. The molecule has 3 nitrogen and oxygen atoms in total. The molecule has 1 saturated heterocycles. The second kappa shape index (κ2) is 4.49. The lowest BCUT2D eigenvalue weighted by Gasteiger charge is -2.39. The molecule has 0 radical (unpaired) electrons. The van der Waals surface area contributed by atoms with Gasteiger partial charge in [0.1, 0.15) is 0 Å². The Balaban J connectivity index is 1.66. The van der Waals surface area contributed by atoms with Crippen molar-refractivity contribution in [2.45, 2.75) is 31.2 Å². The van der Waals surface area contributed by atoms with Crippen molar-refractivity contribution in [2.24, 2.45) is 0 Å². The molecule has 4 heterocycles. The van der Waals surface area contributed by atoms with Crippen molar-refractivity contribution in [3.05, 3.63) is 42.4 Å². The number of hydrogen-bond donors (Lipinski definition) is 1. The number of aromatic amines is 1. The normalized spacial score (nSPS) is 27.6. The van der Waals surface area contributed by atoms with Gasteiger partial charge in [-0.2, -0.15) is 0 Å². The summed E-state index contributed by atoms with van der Waals surface area (Å²) in [4.78, 5) is 10.3. The van der Waals surface area contributed by atoms with Crippen LogP contribution in [0.15, 0.2) is 36.8 Å². The molecule has 0 aliphatic carbocycles. The molecule has 98 valence electrons. The zero-order valence-corrected chi connectivity index (χ0v) is 11.0. The Hall–Kier alpha value is -1.61. The van der Waals surface area contributed by atoms with Crippen LogP contribution in [0, 0.1) is 0 Å². The highest BCUT2D eigenvalue weighted by atomic mass is 15.2. The molecule has 0 spiro atoms. The van der Waals surface area contributed by atoms with Gasteiger partial charge < -0.3 is 4.98 Å². The molecule has 2 aliphatic rings. The maximum Gasteiger partial charge on any atom is 0.0487 e. The van der Waals surface area contributed by atoms with E-state index < -0.39 is 0 Å². The van der Waals surface area contributed by atoms with Gasteiger partial charge in [-0.3, -0.25) is 9.88 Å². The predicted molar refractivity (Wildman–Crippen MR) is 77.2 cm³/mol. The Labute approximate surface area is 113 Å². The fraction of sp³-hybridized carbons (Fsp3) is 0.438. The SMILES string of the molecule is C1=CC2CC(c3c[nH]c4ccncc34)CCN2CC1. The standard InChI is InChI=1S/C16H19N3/c1-2-7-19-8-5-12(9-13(19)3-1)14-11-18-16-4-6-17-10-15(14)16/h1,3-4,6,10-13,18H,2,5,7-9H2. The lowest BCUT2D eigenvalue weighted by atomic mass is 9.84. The summed E-state index contributed by atoms with van der Waals surface area (Å²) in [7, 11) is 0. The van der Waals surface area contributed by atoms with Crippen LogP contribution in [-0.4, -0.2) is 34.0 Å². The Morgan fingerprint density at radius 3 is 3.32 bits per heavy atom. The van der Waals surface area contributed by atoms with Crippen molar-refractivity contribution in [2.75, 3.05) is 13.1 Å². The van der Waals surface area contributed by atoms with Crippen LogP contribution in [-0.2, 0) is 0 Å². The number of fused-ring (bicyclic) bond motifs is 2. The van der Waals surface area contributed by atoms with Crippen molar-refractivity contribution < 1.29 is 0 Å². The monoisotopic (exact) mass is 253 g/mol. The van der Waals surface area contributed by atoms with E-state index in [-0.39, 0.29) is 0 Å². The van der Waals surface area contributed by atoms with Gasteiger partial charge in [0.05, 0.1) is 0 Å². The van der Waals surface area contributed by atoms with Crippen LogP contribution < -0.4 is 0 Å². The molecule has 4 rings (SSSR count). The number of rotatable bonds is 1. The Bertz CT molecular complexity index is 613. The minimum absolute atomic E-state index is 0.647. The van der Waals surface area contributed by atoms with Crippen LogP contribution >= 0.6 is 0 Å². The molecular weight excluding hydrogens is 234 g/mol. The minimum Gasteiger partial charge on any atom is -0.361 e. The molecule has 2 atom stereocenters. The van der Waals surface area contributed by atoms with E-state index in [1.807, 2.05) is 12.4 Å². The van der Waals surface area contributed by atoms with Crippen LogP contribution in [0.4, 0.5) is 0 Å². The van der Waals surface area contributed by atoms with Gasteiger partial charge in [-0.1, -0.05) is 12.2 Å². The van der Waals surface area contributed by atoms with E-state index in [9.17, 15) is 0 Å². The number of pyridine rings is 1. The summed E-state index contributed by atoms with van der Waals surface area (Å²) in [5.74, 6) is 0.668. The van der Waals surface area contributed by atoms with E-state index in [1.165, 1.54) is 48.8 Å². The highest BCUT2D eigenvalue weighted by molar-refractivity contribution is 5.82. The van der Waals surface area contributed by atoms with Gasteiger partial charge in [0, 0.05) is 42.1 Å². The molecule has 0 amide bonds. The molecule has 2 aromatic rings. The van der Waals surface area contributed by atoms with Crippen LogP contribution in [0.5, 0.6) is 0 Å². The zero-order chi connectivity index (χ0) is 12.7. The quantitative estimate of drug-likeness (QED) is 0.792. The van der Waals surface area contributed by atoms with Gasteiger partial charge in [-0.25, -0.2) is 0 Å². The summed E-state index contributed by atoms with van der Waals surface area (Å²) in [6, 6.07) is 2.71. The van der Waals surface area contributed by atoms with Crippen molar-refractivity contribution in [1.82, 2.24) is 14.9 Å². The van der Waals surface area contributed by atoms with Crippen LogP contribution in [0.3, 0.4) is 0 Å². The number of hydrogen-bond acceptors (Lipinski definition) is 2. The third-order valence-electron chi connectivity index (χ3n) is 4.66. The first-order valence-electron chi connectivity index (χ1n) is 7.23. The van der Waals surface area contributed by atoms with E-state index >= 15 is 0 Å². The Morgan fingerprint density at radius 2 is 2.32 bits per heavy atom. The topological polar surface area (TPSA) is 31.9 Å². The Morgan fingerprint density at radius 1 is 1.32 bits per heavy atom. The van der Waals surface area contributed by atoms with Gasteiger partial charge in [-0.15, -0.1) is 0 Å². The van der Waals surface area contributed by atoms with Crippen molar-refractivity contribution in [3.63, 3.8) is 0 Å². The summed E-state index contributed by atoms with van der Waals surface area (Å²) in [6.07, 6.45) is 14.5. The van der Waals surface area contributed by atoms with Gasteiger partial charge in [0.25, 0.3) is 0 Å². The summed E-state index contributed by atoms with van der Waals surface area (Å²) >= 11 is 0. The van der Waals surface area contributed by atoms with Crippen molar-refractivity contribution in [3.8, 4) is 0 Å². The largest absolute Gasteiger partial charge is 0.361 e. The number of H-pyrrole nitrogens is 1.